The number of amides is 1. The number of phenols is 1. The molecular weight excluding hydrogens is 489 g/mol. The third-order valence-corrected chi connectivity index (χ3v) is 6.25. The van der Waals surface area contributed by atoms with Crippen LogP contribution in [-0.2, 0) is 6.18 Å². The van der Waals surface area contributed by atoms with Crippen molar-refractivity contribution in [1.82, 2.24) is 5.43 Å². The maximum Gasteiger partial charge on any atom is 0.416 e. The number of hydrogen-bond acceptors (Lipinski definition) is 6. The van der Waals surface area contributed by atoms with Crippen LogP contribution < -0.4 is 5.43 Å². The van der Waals surface area contributed by atoms with Gasteiger partial charge in [0, 0.05) is 15.6 Å². The summed E-state index contributed by atoms with van der Waals surface area (Å²) in [5, 5.41) is 22.7. The van der Waals surface area contributed by atoms with Crippen LogP contribution in [0.25, 0.3) is 10.1 Å². The quantitative estimate of drug-likeness (QED) is 0.168. The summed E-state index contributed by atoms with van der Waals surface area (Å²) in [6.45, 7) is 0. The highest BCUT2D eigenvalue weighted by Gasteiger charge is 2.30. The first-order valence-corrected chi connectivity index (χ1v) is 10.8. The molecule has 4 aromatic rings. The van der Waals surface area contributed by atoms with Gasteiger partial charge in [-0.2, -0.15) is 28.5 Å². The van der Waals surface area contributed by atoms with Gasteiger partial charge in [-0.05, 0) is 42.5 Å². The van der Waals surface area contributed by atoms with E-state index < -0.39 is 17.6 Å². The Bertz CT molecular complexity index is 1430. The van der Waals surface area contributed by atoms with Gasteiger partial charge in [-0.3, -0.25) is 4.79 Å². The Hall–Kier alpha value is -3.76. The van der Waals surface area contributed by atoms with Gasteiger partial charge in [-0.15, -0.1) is 11.3 Å². The zero-order valence-electron chi connectivity index (χ0n) is 17.0. The topological polar surface area (TPSA) is 86.4 Å². The lowest BCUT2D eigenvalue weighted by Crippen LogP contribution is -2.16. The second kappa shape index (κ2) is 9.62. The van der Waals surface area contributed by atoms with Gasteiger partial charge >= 0.3 is 6.18 Å². The largest absolute Gasteiger partial charge is 0.507 e. The number of hydrogen-bond donors (Lipinski definition) is 2. The standard InChI is InChI=1S/C23H14ClF3N4O2S/c24-20-17-6-1-2-7-19(17)34-21(20)22(33)31-28-12-13-10-16(8-9-18(13)32)30-29-15-5-3-4-14(11-15)23(25,26)27/h1-12,32H,(H,31,33). The van der Waals surface area contributed by atoms with E-state index in [1.54, 1.807) is 0 Å². The lowest BCUT2D eigenvalue weighted by Gasteiger charge is -2.06. The maximum atomic E-state index is 12.8. The minimum absolute atomic E-state index is 0.0191. The first-order chi connectivity index (χ1) is 16.2. The summed E-state index contributed by atoms with van der Waals surface area (Å²) >= 11 is 7.51. The van der Waals surface area contributed by atoms with E-state index in [2.05, 4.69) is 20.8 Å². The number of hydrazone groups is 1. The van der Waals surface area contributed by atoms with Crippen molar-refractivity contribution in [3.05, 3.63) is 87.8 Å². The molecular formula is C23H14ClF3N4O2S. The first-order valence-electron chi connectivity index (χ1n) is 9.65. The predicted octanol–water partition coefficient (Wildman–Crippen LogP) is 7.46. The van der Waals surface area contributed by atoms with Crippen LogP contribution in [0.4, 0.5) is 24.5 Å². The number of alkyl halides is 3. The highest BCUT2D eigenvalue weighted by Crippen LogP contribution is 2.35. The number of benzene rings is 3. The third-order valence-electron chi connectivity index (χ3n) is 4.58. The molecule has 34 heavy (non-hydrogen) atoms. The number of fused-ring (bicyclic) bond motifs is 1. The molecule has 0 fully saturated rings. The Kier molecular flexibility index (Phi) is 6.62. The maximum absolute atomic E-state index is 12.8. The number of aromatic hydroxyl groups is 1. The van der Waals surface area contributed by atoms with Crippen LogP contribution in [0.2, 0.25) is 5.02 Å². The van der Waals surface area contributed by atoms with Crippen molar-refractivity contribution in [2.45, 2.75) is 6.18 Å². The molecule has 0 aliphatic heterocycles. The van der Waals surface area contributed by atoms with Crippen molar-refractivity contribution in [3.8, 4) is 5.75 Å². The number of rotatable bonds is 5. The van der Waals surface area contributed by atoms with Gasteiger partial charge in [0.2, 0.25) is 0 Å². The van der Waals surface area contributed by atoms with Gasteiger partial charge in [0.25, 0.3) is 5.91 Å². The van der Waals surface area contributed by atoms with Crippen LogP contribution in [0.5, 0.6) is 5.75 Å². The normalized spacial score (nSPS) is 12.1. The third kappa shape index (κ3) is 5.24. The summed E-state index contributed by atoms with van der Waals surface area (Å²) in [5.74, 6) is -0.654. The van der Waals surface area contributed by atoms with Crippen molar-refractivity contribution in [1.29, 1.82) is 0 Å². The van der Waals surface area contributed by atoms with Gasteiger partial charge in [0.05, 0.1) is 28.2 Å². The van der Waals surface area contributed by atoms with E-state index in [1.165, 1.54) is 47.9 Å². The molecule has 172 valence electrons. The molecule has 0 atom stereocenters. The lowest BCUT2D eigenvalue weighted by atomic mass is 10.2. The molecule has 0 bridgehead atoms. The number of halogens is 4. The summed E-state index contributed by atoms with van der Waals surface area (Å²) in [4.78, 5) is 12.8. The Morgan fingerprint density at radius 2 is 1.74 bits per heavy atom. The average molecular weight is 503 g/mol. The number of azo groups is 1. The summed E-state index contributed by atoms with van der Waals surface area (Å²) in [6.07, 6.45) is -3.28. The van der Waals surface area contributed by atoms with Crippen LogP contribution in [0.15, 0.2) is 82.1 Å². The van der Waals surface area contributed by atoms with Gasteiger partial charge < -0.3 is 5.11 Å². The fourth-order valence-electron chi connectivity index (χ4n) is 2.94. The van der Waals surface area contributed by atoms with Gasteiger partial charge in [-0.1, -0.05) is 35.9 Å². The fourth-order valence-corrected chi connectivity index (χ4v) is 4.35. The molecule has 1 aromatic heterocycles. The average Bonchev–Trinajstić information content (AvgIpc) is 3.16. The zero-order chi connectivity index (χ0) is 24.3. The van der Waals surface area contributed by atoms with E-state index >= 15 is 0 Å². The minimum Gasteiger partial charge on any atom is -0.507 e. The van der Waals surface area contributed by atoms with Crippen LogP contribution in [0.3, 0.4) is 0 Å². The number of carbonyl (C=O) groups is 1. The molecule has 0 unspecified atom stereocenters. The van der Waals surface area contributed by atoms with Crippen LogP contribution >= 0.6 is 22.9 Å². The number of carbonyl (C=O) groups excluding carboxylic acids is 1. The minimum atomic E-state index is -4.49. The second-order valence-corrected chi connectivity index (χ2v) is 8.36. The Labute approximate surface area is 200 Å². The van der Waals surface area contributed by atoms with Gasteiger partial charge in [0.1, 0.15) is 10.6 Å². The smallest absolute Gasteiger partial charge is 0.416 e. The number of thiophene rings is 1. The predicted molar refractivity (Wildman–Crippen MR) is 126 cm³/mol. The highest BCUT2D eigenvalue weighted by molar-refractivity contribution is 7.21. The summed E-state index contributed by atoms with van der Waals surface area (Å²) in [7, 11) is 0. The summed E-state index contributed by atoms with van der Waals surface area (Å²) in [6, 6.07) is 15.9. The molecule has 1 heterocycles. The number of nitrogens with one attached hydrogen (secondary N) is 1. The summed E-state index contributed by atoms with van der Waals surface area (Å²) in [5.41, 5.74) is 2.01. The van der Waals surface area contributed by atoms with E-state index in [4.69, 9.17) is 11.6 Å². The van der Waals surface area contributed by atoms with E-state index in [1.807, 2.05) is 24.3 Å². The fraction of sp³-hybridized carbons (Fsp3) is 0.0435. The van der Waals surface area contributed by atoms with Crippen LogP contribution in [-0.4, -0.2) is 17.2 Å². The van der Waals surface area contributed by atoms with E-state index in [0.717, 1.165) is 22.2 Å². The van der Waals surface area contributed by atoms with Crippen LogP contribution in [0, 0.1) is 0 Å². The SMILES string of the molecule is O=C(NN=Cc1cc(N=Nc2cccc(C(F)(F)F)c2)ccc1O)c1sc2ccccc2c1Cl. The lowest BCUT2D eigenvalue weighted by molar-refractivity contribution is -0.137. The van der Waals surface area contributed by atoms with Gasteiger partial charge in [-0.25, -0.2) is 5.43 Å². The molecule has 1 amide bonds. The molecule has 0 aliphatic carbocycles. The molecule has 0 saturated heterocycles. The van der Waals surface area contributed by atoms with E-state index in [0.29, 0.717) is 9.90 Å². The zero-order valence-corrected chi connectivity index (χ0v) is 18.6. The molecule has 2 N–H and O–H groups in total. The van der Waals surface area contributed by atoms with Crippen molar-refractivity contribution in [3.63, 3.8) is 0 Å². The number of phenolic OH excluding ortho intramolecular Hbond substituents is 1. The molecule has 0 saturated carbocycles. The molecule has 4 rings (SSSR count). The Balaban J connectivity index is 1.48. The van der Waals surface area contributed by atoms with Crippen molar-refractivity contribution < 1.29 is 23.1 Å². The first kappa shape index (κ1) is 23.4. The highest BCUT2D eigenvalue weighted by atomic mass is 35.5. The molecule has 6 nitrogen and oxygen atoms in total. The van der Waals surface area contributed by atoms with E-state index in [-0.39, 0.29) is 22.7 Å². The van der Waals surface area contributed by atoms with Crippen molar-refractivity contribution in [2.75, 3.05) is 0 Å². The van der Waals surface area contributed by atoms with Crippen molar-refractivity contribution >= 4 is 56.5 Å². The molecule has 0 aliphatic rings. The second-order valence-electron chi connectivity index (χ2n) is 6.93. The number of nitrogens with zero attached hydrogens (tertiary/aromatic N) is 3. The van der Waals surface area contributed by atoms with Crippen LogP contribution in [0.1, 0.15) is 20.8 Å². The van der Waals surface area contributed by atoms with E-state index in [9.17, 15) is 23.1 Å². The van der Waals surface area contributed by atoms with Crippen molar-refractivity contribution in [2.24, 2.45) is 15.3 Å². The Morgan fingerprint density at radius 3 is 2.47 bits per heavy atom. The summed E-state index contributed by atoms with van der Waals surface area (Å²) < 4.78 is 39.4. The molecule has 3 aromatic carbocycles. The molecule has 0 radical (unpaired) electrons. The molecule has 11 heteroatoms. The monoisotopic (exact) mass is 502 g/mol. The van der Waals surface area contributed by atoms with Gasteiger partial charge in [0.15, 0.2) is 0 Å². The molecule has 0 spiro atoms. The Morgan fingerprint density at radius 1 is 1.00 bits per heavy atom.